The molecule has 19 heavy (non-hydrogen) atoms. The van der Waals surface area contributed by atoms with Crippen molar-refractivity contribution in [2.24, 2.45) is 11.5 Å². The fourth-order valence-electron chi connectivity index (χ4n) is 1.35. The maximum absolute atomic E-state index is 11.6. The van der Waals surface area contributed by atoms with E-state index in [9.17, 15) is 9.59 Å². The number of nitrogens with two attached hydrogens (primary N) is 2. The number of nitrogens with zero attached hydrogens (tertiary/aromatic N) is 1. The minimum atomic E-state index is -0.721. The van der Waals surface area contributed by atoms with Crippen molar-refractivity contribution in [3.63, 3.8) is 0 Å². The summed E-state index contributed by atoms with van der Waals surface area (Å²) in [4.78, 5) is 29.6. The van der Waals surface area contributed by atoms with E-state index in [0.717, 1.165) is 0 Å². The third kappa shape index (κ3) is 4.59. The number of H-pyrrole nitrogens is 1. The normalized spacial score (nSPS) is 11.2. The van der Waals surface area contributed by atoms with Crippen LogP contribution in [0.1, 0.15) is 37.1 Å². The SMILES string of the molecule is CC(C)(C)OC(=O)Nc1nc(CCN)[nH]c1C(N)=O. The molecule has 0 radical (unpaired) electrons. The van der Waals surface area contributed by atoms with Gasteiger partial charge in [0.25, 0.3) is 5.91 Å². The van der Waals surface area contributed by atoms with Crippen LogP contribution in [-0.2, 0) is 11.2 Å². The van der Waals surface area contributed by atoms with E-state index >= 15 is 0 Å². The van der Waals surface area contributed by atoms with Crippen molar-refractivity contribution in [3.8, 4) is 0 Å². The first-order valence-corrected chi connectivity index (χ1v) is 5.81. The highest BCUT2D eigenvalue weighted by Crippen LogP contribution is 2.14. The van der Waals surface area contributed by atoms with Crippen LogP contribution in [0.25, 0.3) is 0 Å². The van der Waals surface area contributed by atoms with Crippen molar-refractivity contribution in [1.29, 1.82) is 0 Å². The van der Waals surface area contributed by atoms with E-state index in [2.05, 4.69) is 15.3 Å². The van der Waals surface area contributed by atoms with Gasteiger partial charge < -0.3 is 21.2 Å². The quantitative estimate of drug-likeness (QED) is 0.625. The van der Waals surface area contributed by atoms with Crippen LogP contribution in [0.2, 0.25) is 0 Å². The van der Waals surface area contributed by atoms with Crippen LogP contribution in [-0.4, -0.2) is 34.1 Å². The molecular weight excluding hydrogens is 250 g/mol. The van der Waals surface area contributed by atoms with E-state index in [1.807, 2.05) is 0 Å². The van der Waals surface area contributed by atoms with Crippen LogP contribution in [0, 0.1) is 0 Å². The van der Waals surface area contributed by atoms with Crippen molar-refractivity contribution in [1.82, 2.24) is 9.97 Å². The van der Waals surface area contributed by atoms with Crippen LogP contribution >= 0.6 is 0 Å². The van der Waals surface area contributed by atoms with Crippen LogP contribution in [0.4, 0.5) is 10.6 Å². The molecule has 0 spiro atoms. The zero-order chi connectivity index (χ0) is 14.6. The number of nitrogens with one attached hydrogen (secondary N) is 2. The molecule has 0 aliphatic heterocycles. The lowest BCUT2D eigenvalue weighted by Gasteiger charge is -2.19. The zero-order valence-corrected chi connectivity index (χ0v) is 11.2. The maximum Gasteiger partial charge on any atom is 0.413 e. The number of rotatable bonds is 4. The molecule has 0 fully saturated rings. The minimum Gasteiger partial charge on any atom is -0.444 e. The standard InChI is InChI=1S/C11H19N5O3/c1-11(2,3)19-10(18)16-9-7(8(13)17)14-6(15-9)4-5-12/h4-5,12H2,1-3H3,(H2,13,17)(H,14,15)(H,16,18). The van der Waals surface area contributed by atoms with Crippen molar-refractivity contribution in [3.05, 3.63) is 11.5 Å². The van der Waals surface area contributed by atoms with Crippen LogP contribution < -0.4 is 16.8 Å². The van der Waals surface area contributed by atoms with Gasteiger partial charge in [0.2, 0.25) is 0 Å². The molecule has 0 saturated carbocycles. The van der Waals surface area contributed by atoms with Gasteiger partial charge in [0.1, 0.15) is 17.1 Å². The summed E-state index contributed by atoms with van der Waals surface area (Å²) in [7, 11) is 0. The Kier molecular flexibility index (Phi) is 4.49. The molecule has 0 unspecified atom stereocenters. The summed E-state index contributed by atoms with van der Waals surface area (Å²) in [5.74, 6) is -0.200. The molecule has 1 heterocycles. The second kappa shape index (κ2) is 5.70. The number of amides is 2. The average molecular weight is 269 g/mol. The van der Waals surface area contributed by atoms with Crippen molar-refractivity contribution >= 4 is 17.8 Å². The fraction of sp³-hybridized carbons (Fsp3) is 0.545. The van der Waals surface area contributed by atoms with Gasteiger partial charge >= 0.3 is 6.09 Å². The first kappa shape index (κ1) is 15.0. The first-order valence-electron chi connectivity index (χ1n) is 5.81. The van der Waals surface area contributed by atoms with Gasteiger partial charge in [-0.15, -0.1) is 0 Å². The number of ether oxygens (including phenoxy) is 1. The monoisotopic (exact) mass is 269 g/mol. The highest BCUT2D eigenvalue weighted by Gasteiger charge is 2.21. The highest BCUT2D eigenvalue weighted by molar-refractivity contribution is 5.99. The predicted molar refractivity (Wildman–Crippen MR) is 69.7 cm³/mol. The number of carbonyl (C=O) groups is 2. The lowest BCUT2D eigenvalue weighted by atomic mass is 10.2. The minimum absolute atomic E-state index is 0.0225. The Bertz CT molecular complexity index is 475. The number of hydrogen-bond donors (Lipinski definition) is 4. The molecule has 2 amide bonds. The van der Waals surface area contributed by atoms with Crippen molar-refractivity contribution in [2.75, 3.05) is 11.9 Å². The molecule has 1 rings (SSSR count). The van der Waals surface area contributed by atoms with E-state index in [-0.39, 0.29) is 11.5 Å². The maximum atomic E-state index is 11.6. The van der Waals surface area contributed by atoms with E-state index < -0.39 is 17.6 Å². The van der Waals surface area contributed by atoms with E-state index in [1.165, 1.54) is 0 Å². The lowest BCUT2D eigenvalue weighted by Crippen LogP contribution is -2.28. The summed E-state index contributed by atoms with van der Waals surface area (Å²) in [5, 5.41) is 2.38. The van der Waals surface area contributed by atoms with E-state index in [1.54, 1.807) is 20.8 Å². The number of aromatic nitrogens is 2. The van der Waals surface area contributed by atoms with Crippen molar-refractivity contribution < 1.29 is 14.3 Å². The molecule has 0 saturated heterocycles. The Morgan fingerprint density at radius 2 is 2.05 bits per heavy atom. The summed E-state index contributed by atoms with van der Waals surface area (Å²) in [6.07, 6.45) is -0.267. The van der Waals surface area contributed by atoms with Gasteiger partial charge in [0.05, 0.1) is 0 Å². The second-order valence-corrected chi connectivity index (χ2v) is 4.94. The Morgan fingerprint density at radius 3 is 2.53 bits per heavy atom. The average Bonchev–Trinajstić information content (AvgIpc) is 2.58. The molecule has 6 N–H and O–H groups in total. The first-order chi connectivity index (χ1) is 8.73. The Hall–Kier alpha value is -2.09. The van der Waals surface area contributed by atoms with Crippen molar-refractivity contribution in [2.45, 2.75) is 32.8 Å². The third-order valence-electron chi connectivity index (χ3n) is 2.00. The molecule has 0 aliphatic carbocycles. The molecule has 0 aromatic carbocycles. The molecule has 8 nitrogen and oxygen atoms in total. The number of primary amides is 1. The van der Waals surface area contributed by atoms with Crippen LogP contribution in [0.15, 0.2) is 0 Å². The Labute approximate surface area is 110 Å². The summed E-state index contributed by atoms with van der Waals surface area (Å²) in [5.41, 5.74) is 9.96. The van der Waals surface area contributed by atoms with E-state index in [0.29, 0.717) is 18.8 Å². The topological polar surface area (TPSA) is 136 Å². The summed E-state index contributed by atoms with van der Waals surface area (Å²) in [6.45, 7) is 5.54. The van der Waals surface area contributed by atoms with Crippen LogP contribution in [0.3, 0.4) is 0 Å². The van der Waals surface area contributed by atoms with E-state index in [4.69, 9.17) is 16.2 Å². The largest absolute Gasteiger partial charge is 0.444 e. The fourth-order valence-corrected chi connectivity index (χ4v) is 1.35. The number of imidazole rings is 1. The summed E-state index contributed by atoms with van der Waals surface area (Å²) < 4.78 is 5.06. The summed E-state index contributed by atoms with van der Waals surface area (Å²) >= 11 is 0. The molecule has 0 bridgehead atoms. The van der Waals surface area contributed by atoms with Gasteiger partial charge in [-0.3, -0.25) is 10.1 Å². The number of anilines is 1. The molecule has 0 aliphatic rings. The van der Waals surface area contributed by atoms with Gasteiger partial charge in [0, 0.05) is 6.42 Å². The summed E-state index contributed by atoms with van der Waals surface area (Å²) in [6, 6.07) is 0. The molecule has 106 valence electrons. The second-order valence-electron chi connectivity index (χ2n) is 4.94. The van der Waals surface area contributed by atoms with Gasteiger partial charge in [-0.05, 0) is 27.3 Å². The van der Waals surface area contributed by atoms with Gasteiger partial charge in [-0.25, -0.2) is 9.78 Å². The number of carbonyl (C=O) groups excluding carboxylic acids is 2. The smallest absolute Gasteiger partial charge is 0.413 e. The molecular formula is C11H19N5O3. The number of aromatic amines is 1. The third-order valence-corrected chi connectivity index (χ3v) is 2.00. The highest BCUT2D eigenvalue weighted by atomic mass is 16.6. The Morgan fingerprint density at radius 1 is 1.42 bits per heavy atom. The zero-order valence-electron chi connectivity index (χ0n) is 11.2. The molecule has 0 atom stereocenters. The molecule has 1 aromatic rings. The molecule has 8 heteroatoms. The Balaban J connectivity index is 2.87. The van der Waals surface area contributed by atoms with Gasteiger partial charge in [-0.2, -0.15) is 0 Å². The predicted octanol–water partition coefficient (Wildman–Crippen LogP) is 0.357. The van der Waals surface area contributed by atoms with Gasteiger partial charge in [-0.1, -0.05) is 0 Å². The number of hydrogen-bond acceptors (Lipinski definition) is 5. The lowest BCUT2D eigenvalue weighted by molar-refractivity contribution is 0.0635. The van der Waals surface area contributed by atoms with Crippen LogP contribution in [0.5, 0.6) is 0 Å². The van der Waals surface area contributed by atoms with Gasteiger partial charge in [0.15, 0.2) is 5.82 Å². The molecule has 1 aromatic heterocycles.